The van der Waals surface area contributed by atoms with Crippen LogP contribution in [0.15, 0.2) is 24.3 Å². The number of halogens is 2. The molecule has 0 saturated carbocycles. The average molecular weight is 342 g/mol. The molecule has 7 heteroatoms. The zero-order chi connectivity index (χ0) is 14.1. The molecule has 3 N–H and O–H groups in total. The summed E-state index contributed by atoms with van der Waals surface area (Å²) >= 11 is 0. The largest absolute Gasteiger partial charge is 0.384 e. The van der Waals surface area contributed by atoms with Gasteiger partial charge in [0.15, 0.2) is 5.65 Å². The fourth-order valence-electron chi connectivity index (χ4n) is 2.60. The smallest absolute Gasteiger partial charge is 0.160 e. The quantitative estimate of drug-likeness (QED) is 0.715. The summed E-state index contributed by atoms with van der Waals surface area (Å²) in [6.07, 6.45) is 0.942. The molecule has 5 nitrogen and oxygen atoms in total. The van der Waals surface area contributed by atoms with E-state index in [-0.39, 0.29) is 24.8 Å². The molecule has 3 aromatic rings. The van der Waals surface area contributed by atoms with Gasteiger partial charge in [0.1, 0.15) is 0 Å². The van der Waals surface area contributed by atoms with E-state index in [2.05, 4.69) is 16.5 Å². The molecule has 0 saturated heterocycles. The van der Waals surface area contributed by atoms with Gasteiger partial charge < -0.3 is 11.1 Å². The Morgan fingerprint density at radius 2 is 1.95 bits per heavy atom. The second kappa shape index (κ2) is 7.63. The van der Waals surface area contributed by atoms with E-state index in [9.17, 15) is 0 Å². The predicted octanol–water partition coefficient (Wildman–Crippen LogP) is 3.03. The molecule has 3 rings (SSSR count). The summed E-state index contributed by atoms with van der Waals surface area (Å²) in [5, 5.41) is 10.2. The molecule has 0 spiro atoms. The van der Waals surface area contributed by atoms with Crippen LogP contribution in [0.2, 0.25) is 0 Å². The van der Waals surface area contributed by atoms with E-state index in [4.69, 9.17) is 10.7 Å². The Balaban J connectivity index is 0.00000121. The lowest BCUT2D eigenvalue weighted by Crippen LogP contribution is -2.09. The normalized spacial score (nSPS) is 10.3. The Hall–Kier alpha value is -1.56. The third-order valence-electron chi connectivity index (χ3n) is 3.52. The fraction of sp³-hybridized carbons (Fsp3) is 0.333. The van der Waals surface area contributed by atoms with E-state index in [1.54, 1.807) is 0 Å². The maximum Gasteiger partial charge on any atom is 0.160 e. The molecule has 0 aliphatic heterocycles. The number of hydrogen-bond acceptors (Lipinski definition) is 4. The summed E-state index contributed by atoms with van der Waals surface area (Å²) in [5.41, 5.74) is 9.59. The maximum atomic E-state index is 5.58. The number of nitrogens with two attached hydrogens (primary N) is 1. The van der Waals surface area contributed by atoms with Crippen LogP contribution in [0, 0.1) is 6.92 Å². The van der Waals surface area contributed by atoms with Crippen molar-refractivity contribution in [2.45, 2.75) is 13.3 Å². The standard InChI is InChI=1S/C15H19N5.2ClH/c1-10-13-14(17-9-5-8-16)11-6-3-4-7-12(11)18-15(13)20(2)19-10;;/h3-4,6-7H,5,8-9,16H2,1-2H3,(H,17,18);2*1H. The van der Waals surface area contributed by atoms with Gasteiger partial charge in [0.2, 0.25) is 0 Å². The lowest BCUT2D eigenvalue weighted by molar-refractivity contribution is 0.775. The van der Waals surface area contributed by atoms with Crippen molar-refractivity contribution < 1.29 is 0 Å². The van der Waals surface area contributed by atoms with Crippen LogP contribution in [0.1, 0.15) is 12.1 Å². The van der Waals surface area contributed by atoms with Crippen molar-refractivity contribution in [3.8, 4) is 0 Å². The van der Waals surface area contributed by atoms with Gasteiger partial charge in [0.05, 0.1) is 22.3 Å². The first-order valence-electron chi connectivity index (χ1n) is 6.88. The Morgan fingerprint density at radius 1 is 1.23 bits per heavy atom. The molecule has 0 radical (unpaired) electrons. The Bertz CT molecular complexity index is 769. The molecule has 0 unspecified atom stereocenters. The number of nitrogens with one attached hydrogen (secondary N) is 1. The van der Waals surface area contributed by atoms with Crippen LogP contribution >= 0.6 is 24.8 Å². The van der Waals surface area contributed by atoms with E-state index >= 15 is 0 Å². The number of fused-ring (bicyclic) bond motifs is 2. The van der Waals surface area contributed by atoms with E-state index in [1.165, 1.54) is 0 Å². The van der Waals surface area contributed by atoms with Crippen molar-refractivity contribution in [2.75, 3.05) is 18.4 Å². The number of pyridine rings is 1. The minimum absolute atomic E-state index is 0. The SMILES string of the molecule is Cc1nn(C)c2nc3ccccc3c(NCCCN)c12.Cl.Cl. The van der Waals surface area contributed by atoms with Crippen LogP contribution in [0.3, 0.4) is 0 Å². The van der Waals surface area contributed by atoms with Crippen molar-refractivity contribution in [3.63, 3.8) is 0 Å². The zero-order valence-electron chi connectivity index (χ0n) is 12.7. The minimum atomic E-state index is 0. The number of anilines is 1. The van der Waals surface area contributed by atoms with Gasteiger partial charge in [-0.25, -0.2) is 4.98 Å². The number of benzene rings is 1. The second-order valence-corrected chi connectivity index (χ2v) is 4.98. The van der Waals surface area contributed by atoms with E-state index in [1.807, 2.05) is 36.9 Å². The summed E-state index contributed by atoms with van der Waals surface area (Å²) in [7, 11) is 1.93. The van der Waals surface area contributed by atoms with Crippen molar-refractivity contribution in [1.29, 1.82) is 0 Å². The molecule has 22 heavy (non-hydrogen) atoms. The average Bonchev–Trinajstić information content (AvgIpc) is 2.73. The highest BCUT2D eigenvalue weighted by Crippen LogP contribution is 2.32. The van der Waals surface area contributed by atoms with Gasteiger partial charge >= 0.3 is 0 Å². The van der Waals surface area contributed by atoms with Crippen LogP contribution in [0.5, 0.6) is 0 Å². The van der Waals surface area contributed by atoms with Gasteiger partial charge in [-0.3, -0.25) is 4.68 Å². The predicted molar refractivity (Wildman–Crippen MR) is 97.4 cm³/mol. The lowest BCUT2D eigenvalue weighted by Gasteiger charge is -2.11. The first-order valence-corrected chi connectivity index (χ1v) is 6.88. The van der Waals surface area contributed by atoms with Crippen LogP contribution < -0.4 is 11.1 Å². The number of para-hydroxylation sites is 1. The van der Waals surface area contributed by atoms with Crippen molar-refractivity contribution >= 4 is 52.4 Å². The summed E-state index contributed by atoms with van der Waals surface area (Å²) in [5.74, 6) is 0. The molecule has 1 aromatic carbocycles. The number of rotatable bonds is 4. The summed E-state index contributed by atoms with van der Waals surface area (Å²) in [6, 6.07) is 8.17. The Labute approximate surface area is 142 Å². The molecular weight excluding hydrogens is 321 g/mol. The fourth-order valence-corrected chi connectivity index (χ4v) is 2.60. The third-order valence-corrected chi connectivity index (χ3v) is 3.52. The van der Waals surface area contributed by atoms with Crippen molar-refractivity contribution in [3.05, 3.63) is 30.0 Å². The number of hydrogen-bond donors (Lipinski definition) is 2. The highest BCUT2D eigenvalue weighted by Gasteiger charge is 2.14. The van der Waals surface area contributed by atoms with E-state index in [0.29, 0.717) is 6.54 Å². The monoisotopic (exact) mass is 341 g/mol. The van der Waals surface area contributed by atoms with Gasteiger partial charge in [0, 0.05) is 19.0 Å². The highest BCUT2D eigenvalue weighted by molar-refractivity contribution is 6.07. The molecule has 0 aliphatic carbocycles. The van der Waals surface area contributed by atoms with Gasteiger partial charge in [-0.2, -0.15) is 5.10 Å². The lowest BCUT2D eigenvalue weighted by atomic mass is 10.1. The summed E-state index contributed by atoms with van der Waals surface area (Å²) in [4.78, 5) is 4.72. The van der Waals surface area contributed by atoms with Gasteiger partial charge in [0.25, 0.3) is 0 Å². The van der Waals surface area contributed by atoms with Gasteiger partial charge in [-0.05, 0) is 26.0 Å². The van der Waals surface area contributed by atoms with E-state index < -0.39 is 0 Å². The van der Waals surface area contributed by atoms with Crippen LogP contribution in [0.4, 0.5) is 5.69 Å². The maximum absolute atomic E-state index is 5.58. The molecule has 0 bridgehead atoms. The Morgan fingerprint density at radius 3 is 2.68 bits per heavy atom. The van der Waals surface area contributed by atoms with Gasteiger partial charge in [-0.1, -0.05) is 18.2 Å². The molecular formula is C15H21Cl2N5. The summed E-state index contributed by atoms with van der Waals surface area (Å²) in [6.45, 7) is 3.56. The first-order chi connectivity index (χ1) is 9.72. The zero-order valence-corrected chi connectivity index (χ0v) is 14.3. The van der Waals surface area contributed by atoms with Crippen molar-refractivity contribution in [2.24, 2.45) is 12.8 Å². The Kier molecular flexibility index (Phi) is 6.41. The summed E-state index contributed by atoms with van der Waals surface area (Å²) < 4.78 is 1.84. The van der Waals surface area contributed by atoms with E-state index in [0.717, 1.165) is 46.3 Å². The highest BCUT2D eigenvalue weighted by atomic mass is 35.5. The molecule has 0 fully saturated rings. The molecule has 2 aromatic heterocycles. The second-order valence-electron chi connectivity index (χ2n) is 4.98. The molecule has 0 atom stereocenters. The van der Waals surface area contributed by atoms with Crippen molar-refractivity contribution in [1.82, 2.24) is 14.8 Å². The van der Waals surface area contributed by atoms with Crippen LogP contribution in [-0.2, 0) is 7.05 Å². The number of aryl methyl sites for hydroxylation is 2. The van der Waals surface area contributed by atoms with Crippen LogP contribution in [0.25, 0.3) is 21.9 Å². The molecule has 0 amide bonds. The first kappa shape index (κ1) is 18.5. The molecule has 2 heterocycles. The topological polar surface area (TPSA) is 68.8 Å². The van der Waals surface area contributed by atoms with Crippen LogP contribution in [-0.4, -0.2) is 27.9 Å². The third kappa shape index (κ3) is 3.11. The van der Waals surface area contributed by atoms with Gasteiger partial charge in [-0.15, -0.1) is 24.8 Å². The minimum Gasteiger partial charge on any atom is -0.384 e. The number of nitrogens with zero attached hydrogens (tertiary/aromatic N) is 3. The molecule has 0 aliphatic rings. The molecule has 120 valence electrons. The number of aromatic nitrogens is 3.